The van der Waals surface area contributed by atoms with Crippen molar-refractivity contribution in [1.29, 1.82) is 0 Å². The van der Waals surface area contributed by atoms with E-state index in [4.69, 9.17) is 9.47 Å². The lowest BCUT2D eigenvalue weighted by molar-refractivity contribution is -0.0684. The van der Waals surface area contributed by atoms with Crippen LogP contribution in [0.5, 0.6) is 0 Å². The van der Waals surface area contributed by atoms with Crippen molar-refractivity contribution in [2.45, 2.75) is 92.0 Å². The molecule has 110 valence electrons. The Morgan fingerprint density at radius 3 is 1.89 bits per heavy atom. The van der Waals surface area contributed by atoms with Crippen LogP contribution in [-0.2, 0) is 9.47 Å². The summed E-state index contributed by atoms with van der Waals surface area (Å²) in [6, 6.07) is 0. The molecule has 0 aromatic rings. The maximum absolute atomic E-state index is 5.95. The van der Waals surface area contributed by atoms with Crippen molar-refractivity contribution >= 4 is 0 Å². The van der Waals surface area contributed by atoms with Crippen LogP contribution in [0, 0.1) is 5.92 Å². The Kier molecular flexibility index (Phi) is 7.46. The van der Waals surface area contributed by atoms with Crippen molar-refractivity contribution in [2.75, 3.05) is 6.61 Å². The van der Waals surface area contributed by atoms with E-state index in [1.54, 1.807) is 0 Å². The van der Waals surface area contributed by atoms with Crippen LogP contribution in [0.2, 0.25) is 0 Å². The summed E-state index contributed by atoms with van der Waals surface area (Å²) < 4.78 is 11.8. The molecule has 2 heteroatoms. The number of unbranched alkanes of at least 4 members (excludes halogenated alkanes) is 1. The first-order valence-corrected chi connectivity index (χ1v) is 7.38. The number of hydrogen-bond donors (Lipinski definition) is 0. The van der Waals surface area contributed by atoms with Gasteiger partial charge in [-0.05, 0) is 66.7 Å². The highest BCUT2D eigenvalue weighted by Crippen LogP contribution is 2.22. The monoisotopic (exact) mass is 258 g/mol. The average molecular weight is 258 g/mol. The summed E-state index contributed by atoms with van der Waals surface area (Å²) in [7, 11) is 0. The topological polar surface area (TPSA) is 18.5 Å². The van der Waals surface area contributed by atoms with E-state index in [2.05, 4.69) is 55.4 Å². The zero-order chi connectivity index (χ0) is 14.4. The molecule has 0 bridgehead atoms. The Hall–Kier alpha value is -0.0800. The fourth-order valence-electron chi connectivity index (χ4n) is 1.85. The third-order valence-electron chi connectivity index (χ3n) is 3.59. The summed E-state index contributed by atoms with van der Waals surface area (Å²) >= 11 is 0. The first-order chi connectivity index (χ1) is 8.07. The van der Waals surface area contributed by atoms with Crippen LogP contribution in [0.4, 0.5) is 0 Å². The SMILES string of the molecule is CC(C)OC(C)(C)CCCCOC(C)(C)C(C)C. The van der Waals surface area contributed by atoms with Gasteiger partial charge in [0.25, 0.3) is 0 Å². The molecule has 0 amide bonds. The normalized spacial score (nSPS) is 13.7. The van der Waals surface area contributed by atoms with Gasteiger partial charge in [-0.2, -0.15) is 0 Å². The van der Waals surface area contributed by atoms with Gasteiger partial charge < -0.3 is 9.47 Å². The molecular weight excluding hydrogens is 224 g/mol. The Morgan fingerprint density at radius 1 is 0.889 bits per heavy atom. The van der Waals surface area contributed by atoms with Gasteiger partial charge in [-0.25, -0.2) is 0 Å². The lowest BCUT2D eigenvalue weighted by Crippen LogP contribution is -2.31. The second-order valence-corrected chi connectivity index (χ2v) is 6.99. The largest absolute Gasteiger partial charge is 0.375 e. The summed E-state index contributed by atoms with van der Waals surface area (Å²) in [6.07, 6.45) is 3.67. The van der Waals surface area contributed by atoms with Crippen molar-refractivity contribution in [3.63, 3.8) is 0 Å². The van der Waals surface area contributed by atoms with Crippen LogP contribution in [-0.4, -0.2) is 23.9 Å². The lowest BCUT2D eigenvalue weighted by Gasteiger charge is -2.30. The van der Waals surface area contributed by atoms with E-state index >= 15 is 0 Å². The molecule has 0 aliphatic heterocycles. The van der Waals surface area contributed by atoms with E-state index in [1.165, 1.54) is 0 Å². The first-order valence-electron chi connectivity index (χ1n) is 7.38. The van der Waals surface area contributed by atoms with E-state index in [9.17, 15) is 0 Å². The van der Waals surface area contributed by atoms with Crippen LogP contribution < -0.4 is 0 Å². The van der Waals surface area contributed by atoms with Crippen LogP contribution in [0.25, 0.3) is 0 Å². The predicted octanol–water partition coefficient (Wildman–Crippen LogP) is 4.81. The van der Waals surface area contributed by atoms with Gasteiger partial charge in [0.2, 0.25) is 0 Å². The molecule has 18 heavy (non-hydrogen) atoms. The van der Waals surface area contributed by atoms with Crippen molar-refractivity contribution in [3.05, 3.63) is 0 Å². The zero-order valence-corrected chi connectivity index (χ0v) is 13.8. The number of rotatable bonds is 9. The molecule has 0 saturated carbocycles. The minimum Gasteiger partial charge on any atom is -0.375 e. The lowest BCUT2D eigenvalue weighted by atomic mass is 9.94. The molecule has 0 rings (SSSR count). The second kappa shape index (κ2) is 7.49. The summed E-state index contributed by atoms with van der Waals surface area (Å²) in [6.45, 7) is 18.1. The second-order valence-electron chi connectivity index (χ2n) is 6.99. The molecule has 0 N–H and O–H groups in total. The number of ether oxygens (including phenoxy) is 2. The van der Waals surface area contributed by atoms with Crippen molar-refractivity contribution in [2.24, 2.45) is 5.92 Å². The smallest absolute Gasteiger partial charge is 0.0649 e. The van der Waals surface area contributed by atoms with E-state index in [0.29, 0.717) is 12.0 Å². The minimum atomic E-state index is -0.0122. The fourth-order valence-corrected chi connectivity index (χ4v) is 1.85. The number of hydrogen-bond acceptors (Lipinski definition) is 2. The zero-order valence-electron chi connectivity index (χ0n) is 13.8. The Morgan fingerprint density at radius 2 is 1.44 bits per heavy atom. The molecule has 0 atom stereocenters. The maximum atomic E-state index is 5.95. The highest BCUT2D eigenvalue weighted by molar-refractivity contribution is 4.73. The van der Waals surface area contributed by atoms with E-state index in [-0.39, 0.29) is 11.2 Å². The first kappa shape index (κ1) is 17.9. The Labute approximate surface area is 114 Å². The fraction of sp³-hybridized carbons (Fsp3) is 1.00. The van der Waals surface area contributed by atoms with E-state index < -0.39 is 0 Å². The molecule has 0 saturated heterocycles. The molecule has 2 nitrogen and oxygen atoms in total. The predicted molar refractivity (Wildman–Crippen MR) is 79.0 cm³/mol. The van der Waals surface area contributed by atoms with E-state index in [1.807, 2.05) is 0 Å². The Bertz CT molecular complexity index is 217. The van der Waals surface area contributed by atoms with Crippen molar-refractivity contribution < 1.29 is 9.47 Å². The minimum absolute atomic E-state index is 0.00997. The van der Waals surface area contributed by atoms with Crippen LogP contribution in [0.1, 0.15) is 74.7 Å². The molecule has 0 radical (unpaired) electrons. The summed E-state index contributed by atoms with van der Waals surface area (Å²) in [5, 5.41) is 0. The van der Waals surface area contributed by atoms with Crippen LogP contribution in [0.3, 0.4) is 0 Å². The highest BCUT2D eigenvalue weighted by Gasteiger charge is 2.23. The summed E-state index contributed by atoms with van der Waals surface area (Å²) in [5.41, 5.74) is -0.0221. The van der Waals surface area contributed by atoms with Crippen molar-refractivity contribution in [1.82, 2.24) is 0 Å². The third kappa shape index (κ3) is 8.10. The molecule has 0 aromatic carbocycles. The van der Waals surface area contributed by atoms with Gasteiger partial charge in [0.15, 0.2) is 0 Å². The molecule has 0 fully saturated rings. The van der Waals surface area contributed by atoms with E-state index in [0.717, 1.165) is 25.9 Å². The maximum Gasteiger partial charge on any atom is 0.0649 e. The quantitative estimate of drug-likeness (QED) is 0.552. The Balaban J connectivity index is 3.75. The molecule has 0 aliphatic carbocycles. The van der Waals surface area contributed by atoms with Gasteiger partial charge in [0.05, 0.1) is 17.3 Å². The average Bonchev–Trinajstić information content (AvgIpc) is 2.14. The third-order valence-corrected chi connectivity index (χ3v) is 3.59. The molecule has 0 aliphatic rings. The van der Waals surface area contributed by atoms with Crippen LogP contribution in [0.15, 0.2) is 0 Å². The van der Waals surface area contributed by atoms with Crippen LogP contribution >= 0.6 is 0 Å². The van der Waals surface area contributed by atoms with Gasteiger partial charge in [0.1, 0.15) is 0 Å². The summed E-state index contributed by atoms with van der Waals surface area (Å²) in [5.74, 6) is 0.554. The molecule has 0 spiro atoms. The van der Waals surface area contributed by atoms with Gasteiger partial charge in [-0.15, -0.1) is 0 Å². The van der Waals surface area contributed by atoms with Gasteiger partial charge in [-0.1, -0.05) is 13.8 Å². The molecule has 0 unspecified atom stereocenters. The van der Waals surface area contributed by atoms with Gasteiger partial charge in [-0.3, -0.25) is 0 Å². The molecule has 0 heterocycles. The molecule has 0 aromatic heterocycles. The standard InChI is InChI=1S/C16H34O2/c1-13(2)16(7,8)17-12-10-9-11-15(5,6)18-14(3)4/h13-14H,9-12H2,1-8H3. The van der Waals surface area contributed by atoms with Crippen molar-refractivity contribution in [3.8, 4) is 0 Å². The molecular formula is C16H34O2. The highest BCUT2D eigenvalue weighted by atomic mass is 16.5. The van der Waals surface area contributed by atoms with Gasteiger partial charge >= 0.3 is 0 Å². The summed E-state index contributed by atoms with van der Waals surface area (Å²) in [4.78, 5) is 0. The van der Waals surface area contributed by atoms with Gasteiger partial charge in [0, 0.05) is 6.61 Å².